The van der Waals surface area contributed by atoms with E-state index in [1.165, 1.54) is 7.11 Å². The van der Waals surface area contributed by atoms with Gasteiger partial charge in [-0.1, -0.05) is 12.1 Å². The molecule has 1 aromatic heterocycles. The fourth-order valence-corrected chi connectivity index (χ4v) is 1.82. The number of methoxy groups -OCH3 is 1. The standard InChI is InChI=1S/C13H13NO3/c1-7-8(2)11(13(16)17-3)14-12-9(7)5-4-6-10(12)15/h4-6,15H,1-3H3. The minimum atomic E-state index is -0.490. The van der Waals surface area contributed by atoms with Crippen LogP contribution in [-0.4, -0.2) is 23.2 Å². The van der Waals surface area contributed by atoms with Gasteiger partial charge in [-0.05, 0) is 31.0 Å². The summed E-state index contributed by atoms with van der Waals surface area (Å²) in [6, 6.07) is 5.17. The van der Waals surface area contributed by atoms with Crippen molar-refractivity contribution in [3.63, 3.8) is 0 Å². The zero-order valence-electron chi connectivity index (χ0n) is 9.94. The average Bonchev–Trinajstić information content (AvgIpc) is 2.33. The van der Waals surface area contributed by atoms with Crippen molar-refractivity contribution in [2.45, 2.75) is 13.8 Å². The number of aromatic hydroxyl groups is 1. The molecule has 1 aromatic carbocycles. The molecule has 4 nitrogen and oxygen atoms in total. The number of hydrogen-bond acceptors (Lipinski definition) is 4. The Balaban J connectivity index is 2.85. The van der Waals surface area contributed by atoms with Crippen LogP contribution in [0.1, 0.15) is 21.6 Å². The topological polar surface area (TPSA) is 59.4 Å². The maximum atomic E-state index is 11.6. The van der Waals surface area contributed by atoms with Crippen LogP contribution in [0.2, 0.25) is 0 Å². The number of hydrogen-bond donors (Lipinski definition) is 1. The number of pyridine rings is 1. The smallest absolute Gasteiger partial charge is 0.356 e. The number of para-hydroxylation sites is 1. The number of benzene rings is 1. The lowest BCUT2D eigenvalue weighted by Crippen LogP contribution is -2.08. The fourth-order valence-electron chi connectivity index (χ4n) is 1.82. The van der Waals surface area contributed by atoms with E-state index in [-0.39, 0.29) is 11.4 Å². The molecule has 0 fully saturated rings. The van der Waals surface area contributed by atoms with Crippen molar-refractivity contribution >= 4 is 16.9 Å². The summed E-state index contributed by atoms with van der Waals surface area (Å²) in [6.07, 6.45) is 0. The van der Waals surface area contributed by atoms with E-state index >= 15 is 0 Å². The Kier molecular flexibility index (Phi) is 2.71. The second-order valence-electron chi connectivity index (χ2n) is 3.88. The number of ether oxygens (including phenoxy) is 1. The Labute approximate surface area is 98.9 Å². The molecule has 0 aliphatic rings. The van der Waals surface area contributed by atoms with Gasteiger partial charge in [0.1, 0.15) is 11.3 Å². The lowest BCUT2D eigenvalue weighted by atomic mass is 10.0. The maximum absolute atomic E-state index is 11.6. The van der Waals surface area contributed by atoms with Gasteiger partial charge in [0.05, 0.1) is 7.11 Å². The van der Waals surface area contributed by atoms with Gasteiger partial charge in [-0.2, -0.15) is 0 Å². The van der Waals surface area contributed by atoms with Crippen LogP contribution >= 0.6 is 0 Å². The summed E-state index contributed by atoms with van der Waals surface area (Å²) in [5, 5.41) is 10.6. The van der Waals surface area contributed by atoms with Crippen molar-refractivity contribution in [2.75, 3.05) is 7.11 Å². The van der Waals surface area contributed by atoms with Crippen molar-refractivity contribution < 1.29 is 14.6 Å². The van der Waals surface area contributed by atoms with Crippen LogP contribution in [-0.2, 0) is 4.74 Å². The number of esters is 1. The molecule has 4 heteroatoms. The molecule has 0 saturated heterocycles. The molecule has 0 aliphatic carbocycles. The van der Waals surface area contributed by atoms with Gasteiger partial charge in [-0.15, -0.1) is 0 Å². The summed E-state index contributed by atoms with van der Waals surface area (Å²) in [6.45, 7) is 3.71. The number of rotatable bonds is 1. The minimum Gasteiger partial charge on any atom is -0.506 e. The van der Waals surface area contributed by atoms with Crippen LogP contribution in [0.3, 0.4) is 0 Å². The Hall–Kier alpha value is -2.10. The second kappa shape index (κ2) is 4.05. The van der Waals surface area contributed by atoms with E-state index in [1.54, 1.807) is 12.1 Å². The van der Waals surface area contributed by atoms with Crippen LogP contribution < -0.4 is 0 Å². The van der Waals surface area contributed by atoms with E-state index in [4.69, 9.17) is 0 Å². The molecular weight excluding hydrogens is 218 g/mol. The van der Waals surface area contributed by atoms with Crippen LogP contribution in [0, 0.1) is 13.8 Å². The predicted molar refractivity (Wildman–Crippen MR) is 64.2 cm³/mol. The summed E-state index contributed by atoms with van der Waals surface area (Å²) >= 11 is 0. The van der Waals surface area contributed by atoms with Gasteiger partial charge < -0.3 is 9.84 Å². The zero-order chi connectivity index (χ0) is 12.6. The van der Waals surface area contributed by atoms with Crippen LogP contribution in [0.25, 0.3) is 10.9 Å². The quantitative estimate of drug-likeness (QED) is 0.765. The Bertz CT molecular complexity index is 605. The molecule has 0 radical (unpaired) electrons. The molecule has 0 aliphatic heterocycles. The van der Waals surface area contributed by atoms with Crippen LogP contribution in [0.4, 0.5) is 0 Å². The number of aromatic nitrogens is 1. The van der Waals surface area contributed by atoms with Crippen molar-refractivity contribution in [3.8, 4) is 5.75 Å². The fraction of sp³-hybridized carbons (Fsp3) is 0.231. The summed E-state index contributed by atoms with van der Waals surface area (Å²) in [4.78, 5) is 15.8. The highest BCUT2D eigenvalue weighted by molar-refractivity contribution is 5.96. The van der Waals surface area contributed by atoms with Crippen molar-refractivity contribution in [2.24, 2.45) is 0 Å². The highest BCUT2D eigenvalue weighted by atomic mass is 16.5. The SMILES string of the molecule is COC(=O)c1nc2c(O)cccc2c(C)c1C. The van der Waals surface area contributed by atoms with Gasteiger partial charge in [-0.3, -0.25) is 0 Å². The van der Waals surface area contributed by atoms with Gasteiger partial charge in [0.25, 0.3) is 0 Å². The van der Waals surface area contributed by atoms with Crippen molar-refractivity contribution in [1.82, 2.24) is 4.98 Å². The summed E-state index contributed by atoms with van der Waals surface area (Å²) < 4.78 is 4.68. The molecule has 88 valence electrons. The number of aryl methyl sites for hydroxylation is 1. The third kappa shape index (κ3) is 1.71. The van der Waals surface area contributed by atoms with Crippen molar-refractivity contribution in [3.05, 3.63) is 35.0 Å². The molecule has 0 spiro atoms. The molecule has 2 rings (SSSR count). The molecule has 1 heterocycles. The Morgan fingerprint density at radius 1 is 1.29 bits per heavy atom. The van der Waals surface area contributed by atoms with E-state index in [1.807, 2.05) is 19.9 Å². The van der Waals surface area contributed by atoms with Gasteiger partial charge in [-0.25, -0.2) is 9.78 Å². The third-order valence-corrected chi connectivity index (χ3v) is 2.94. The monoisotopic (exact) mass is 231 g/mol. The number of phenols is 1. The van der Waals surface area contributed by atoms with Gasteiger partial charge in [0.15, 0.2) is 5.69 Å². The molecule has 17 heavy (non-hydrogen) atoms. The average molecular weight is 231 g/mol. The van der Waals surface area contributed by atoms with Gasteiger partial charge >= 0.3 is 5.97 Å². The highest BCUT2D eigenvalue weighted by Gasteiger charge is 2.16. The lowest BCUT2D eigenvalue weighted by Gasteiger charge is -2.10. The van der Waals surface area contributed by atoms with E-state index in [2.05, 4.69) is 9.72 Å². The summed E-state index contributed by atoms with van der Waals surface area (Å²) in [5.74, 6) is -0.425. The van der Waals surface area contributed by atoms with E-state index in [0.717, 1.165) is 16.5 Å². The molecule has 0 bridgehead atoms. The number of nitrogens with zero attached hydrogens (tertiary/aromatic N) is 1. The van der Waals surface area contributed by atoms with E-state index in [0.29, 0.717) is 5.52 Å². The molecular formula is C13H13NO3. The van der Waals surface area contributed by atoms with E-state index in [9.17, 15) is 9.90 Å². The maximum Gasteiger partial charge on any atom is 0.356 e. The molecule has 2 aromatic rings. The molecule has 1 N–H and O–H groups in total. The van der Waals surface area contributed by atoms with E-state index < -0.39 is 5.97 Å². The minimum absolute atomic E-state index is 0.0655. The number of carbonyl (C=O) groups is 1. The first kappa shape index (κ1) is 11.4. The van der Waals surface area contributed by atoms with Crippen LogP contribution in [0.15, 0.2) is 18.2 Å². The second-order valence-corrected chi connectivity index (χ2v) is 3.88. The summed E-state index contributed by atoms with van der Waals surface area (Å²) in [5.41, 5.74) is 2.37. The van der Waals surface area contributed by atoms with Gasteiger partial charge in [0, 0.05) is 5.39 Å². The third-order valence-electron chi connectivity index (χ3n) is 2.94. The highest BCUT2D eigenvalue weighted by Crippen LogP contribution is 2.28. The Morgan fingerprint density at radius 2 is 2.00 bits per heavy atom. The normalized spacial score (nSPS) is 10.5. The zero-order valence-corrected chi connectivity index (χ0v) is 9.94. The molecule has 0 atom stereocenters. The first-order valence-electron chi connectivity index (χ1n) is 5.23. The molecule has 0 unspecified atom stereocenters. The number of carbonyl (C=O) groups excluding carboxylic acids is 1. The number of phenolic OH excluding ortho intramolecular Hbond substituents is 1. The molecule has 0 saturated carbocycles. The Morgan fingerprint density at radius 3 is 2.65 bits per heavy atom. The first-order chi connectivity index (χ1) is 8.06. The number of fused-ring (bicyclic) bond motifs is 1. The molecule has 0 amide bonds. The first-order valence-corrected chi connectivity index (χ1v) is 5.23. The summed E-state index contributed by atoms with van der Waals surface area (Å²) in [7, 11) is 1.31. The van der Waals surface area contributed by atoms with Crippen molar-refractivity contribution in [1.29, 1.82) is 0 Å². The lowest BCUT2D eigenvalue weighted by molar-refractivity contribution is 0.0593. The predicted octanol–water partition coefficient (Wildman–Crippen LogP) is 2.34. The largest absolute Gasteiger partial charge is 0.506 e. The van der Waals surface area contributed by atoms with Gasteiger partial charge in [0.2, 0.25) is 0 Å². The van der Waals surface area contributed by atoms with Crippen LogP contribution in [0.5, 0.6) is 5.75 Å².